The van der Waals surface area contributed by atoms with Gasteiger partial charge in [-0.3, -0.25) is 0 Å². The van der Waals surface area contributed by atoms with E-state index in [9.17, 15) is 0 Å². The van der Waals surface area contributed by atoms with Gasteiger partial charge in [0.2, 0.25) is 0 Å². The molecule has 2 N–H and O–H groups in total. The number of hydrogen-bond acceptors (Lipinski definition) is 5. The van der Waals surface area contributed by atoms with Gasteiger partial charge in [0.1, 0.15) is 5.00 Å². The molecule has 0 aromatic carbocycles. The number of rotatable bonds is 2. The lowest BCUT2D eigenvalue weighted by Crippen LogP contribution is -1.97. The quantitative estimate of drug-likeness (QED) is 0.835. The summed E-state index contributed by atoms with van der Waals surface area (Å²) in [5.74, 6) is 1.63. The zero-order valence-corrected chi connectivity index (χ0v) is 9.80. The molecule has 15 heavy (non-hydrogen) atoms. The van der Waals surface area contributed by atoms with Crippen LogP contribution in [0.2, 0.25) is 0 Å². The summed E-state index contributed by atoms with van der Waals surface area (Å²) < 4.78 is 5.96. The SMILES string of the molecule is CCc1nc(-c2c(C)nsc2N)n(C)n1. The van der Waals surface area contributed by atoms with Crippen LogP contribution in [0.4, 0.5) is 5.00 Å². The zero-order valence-electron chi connectivity index (χ0n) is 8.98. The van der Waals surface area contributed by atoms with Crippen molar-refractivity contribution < 1.29 is 0 Å². The van der Waals surface area contributed by atoms with Crippen molar-refractivity contribution in [1.82, 2.24) is 19.1 Å². The smallest absolute Gasteiger partial charge is 0.163 e. The Bertz CT molecular complexity index is 465. The maximum absolute atomic E-state index is 5.87. The number of anilines is 1. The Balaban J connectivity index is 2.58. The number of nitrogens with zero attached hydrogens (tertiary/aromatic N) is 4. The van der Waals surface area contributed by atoms with Gasteiger partial charge in [-0.15, -0.1) is 0 Å². The molecule has 0 aliphatic rings. The summed E-state index contributed by atoms with van der Waals surface area (Å²) in [5, 5.41) is 4.99. The first-order valence-electron chi connectivity index (χ1n) is 4.75. The number of hydrogen-bond donors (Lipinski definition) is 1. The van der Waals surface area contributed by atoms with Crippen LogP contribution >= 0.6 is 11.5 Å². The highest BCUT2D eigenvalue weighted by Crippen LogP contribution is 2.30. The summed E-state index contributed by atoms with van der Waals surface area (Å²) in [6.45, 7) is 3.96. The largest absolute Gasteiger partial charge is 0.389 e. The highest BCUT2D eigenvalue weighted by atomic mass is 32.1. The van der Waals surface area contributed by atoms with E-state index >= 15 is 0 Å². The Hall–Kier alpha value is -1.43. The predicted octanol–water partition coefficient (Wildman–Crippen LogP) is 1.39. The molecule has 2 aromatic rings. The molecular formula is C9H13N5S. The number of aryl methyl sites for hydroxylation is 3. The molecule has 0 radical (unpaired) electrons. The Labute approximate surface area is 92.1 Å². The van der Waals surface area contributed by atoms with Gasteiger partial charge in [-0.1, -0.05) is 6.92 Å². The van der Waals surface area contributed by atoms with Crippen molar-refractivity contribution in [3.8, 4) is 11.4 Å². The van der Waals surface area contributed by atoms with Crippen LogP contribution in [0.3, 0.4) is 0 Å². The lowest BCUT2D eigenvalue weighted by Gasteiger charge is -1.98. The Morgan fingerprint density at radius 3 is 2.67 bits per heavy atom. The second kappa shape index (κ2) is 3.62. The second-order valence-corrected chi connectivity index (χ2v) is 4.14. The minimum absolute atomic E-state index is 0.700. The first-order chi connectivity index (χ1) is 7.13. The molecule has 0 aliphatic carbocycles. The van der Waals surface area contributed by atoms with E-state index in [1.165, 1.54) is 11.5 Å². The Kier molecular flexibility index (Phi) is 2.44. The molecule has 6 heteroatoms. The van der Waals surface area contributed by atoms with E-state index in [0.29, 0.717) is 5.00 Å². The van der Waals surface area contributed by atoms with Crippen molar-refractivity contribution >= 4 is 16.5 Å². The van der Waals surface area contributed by atoms with Crippen molar-refractivity contribution in [2.24, 2.45) is 7.05 Å². The van der Waals surface area contributed by atoms with Crippen molar-refractivity contribution in [3.05, 3.63) is 11.5 Å². The van der Waals surface area contributed by atoms with E-state index in [-0.39, 0.29) is 0 Å². The lowest BCUT2D eigenvalue weighted by atomic mass is 10.2. The molecule has 2 aromatic heterocycles. The van der Waals surface area contributed by atoms with E-state index in [4.69, 9.17) is 5.73 Å². The van der Waals surface area contributed by atoms with Crippen LogP contribution < -0.4 is 5.73 Å². The molecule has 0 aliphatic heterocycles. The standard InChI is InChI=1S/C9H13N5S/c1-4-6-11-9(14(3)12-6)7-5(2)13-15-8(7)10/h4,10H2,1-3H3. The third-order valence-electron chi connectivity index (χ3n) is 2.24. The molecule has 0 spiro atoms. The first kappa shape index (κ1) is 10.1. The van der Waals surface area contributed by atoms with E-state index in [1.807, 2.05) is 20.9 Å². The van der Waals surface area contributed by atoms with Crippen LogP contribution in [-0.2, 0) is 13.5 Å². The van der Waals surface area contributed by atoms with Gasteiger partial charge in [-0.25, -0.2) is 9.67 Å². The average molecular weight is 223 g/mol. The molecule has 2 heterocycles. The van der Waals surface area contributed by atoms with Gasteiger partial charge in [-0.2, -0.15) is 9.47 Å². The Morgan fingerprint density at radius 1 is 1.47 bits per heavy atom. The van der Waals surface area contributed by atoms with Crippen molar-refractivity contribution in [2.75, 3.05) is 5.73 Å². The summed E-state index contributed by atoms with van der Waals surface area (Å²) in [7, 11) is 1.87. The van der Waals surface area contributed by atoms with Gasteiger partial charge in [-0.05, 0) is 18.5 Å². The molecule has 0 unspecified atom stereocenters. The topological polar surface area (TPSA) is 69.6 Å². The fourth-order valence-corrected chi connectivity index (χ4v) is 2.12. The fraction of sp³-hybridized carbons (Fsp3) is 0.444. The molecule has 0 atom stereocenters. The van der Waals surface area contributed by atoms with E-state index < -0.39 is 0 Å². The van der Waals surface area contributed by atoms with Crippen LogP contribution in [0.15, 0.2) is 0 Å². The monoisotopic (exact) mass is 223 g/mol. The minimum Gasteiger partial charge on any atom is -0.389 e. The molecule has 2 rings (SSSR count). The fourth-order valence-electron chi connectivity index (χ4n) is 1.46. The third kappa shape index (κ3) is 1.61. The van der Waals surface area contributed by atoms with Gasteiger partial charge in [0.05, 0.1) is 11.3 Å². The van der Waals surface area contributed by atoms with Crippen LogP contribution in [-0.4, -0.2) is 19.1 Å². The normalized spacial score (nSPS) is 10.9. The summed E-state index contributed by atoms with van der Waals surface area (Å²) in [5.41, 5.74) is 7.69. The molecular weight excluding hydrogens is 210 g/mol. The minimum atomic E-state index is 0.700. The number of aromatic nitrogens is 4. The predicted molar refractivity (Wildman–Crippen MR) is 60.6 cm³/mol. The van der Waals surface area contributed by atoms with Crippen LogP contribution in [0, 0.1) is 6.92 Å². The molecule has 0 bridgehead atoms. The average Bonchev–Trinajstić information content (AvgIpc) is 2.71. The van der Waals surface area contributed by atoms with Crippen molar-refractivity contribution in [1.29, 1.82) is 0 Å². The molecule has 0 fully saturated rings. The summed E-state index contributed by atoms with van der Waals surface area (Å²) in [6.07, 6.45) is 0.824. The highest BCUT2D eigenvalue weighted by molar-refractivity contribution is 7.10. The molecule has 5 nitrogen and oxygen atoms in total. The Morgan fingerprint density at radius 2 is 2.20 bits per heavy atom. The van der Waals surface area contributed by atoms with Gasteiger partial charge in [0.25, 0.3) is 0 Å². The molecule has 0 amide bonds. The van der Waals surface area contributed by atoms with Crippen LogP contribution in [0.1, 0.15) is 18.4 Å². The highest BCUT2D eigenvalue weighted by Gasteiger charge is 2.16. The second-order valence-electron chi connectivity index (χ2n) is 3.34. The lowest BCUT2D eigenvalue weighted by molar-refractivity contribution is 0.752. The van der Waals surface area contributed by atoms with E-state index in [0.717, 1.165) is 29.3 Å². The van der Waals surface area contributed by atoms with E-state index in [1.54, 1.807) is 4.68 Å². The summed E-state index contributed by atoms with van der Waals surface area (Å²) >= 11 is 1.30. The third-order valence-corrected chi connectivity index (χ3v) is 3.00. The maximum Gasteiger partial charge on any atom is 0.163 e. The van der Waals surface area contributed by atoms with E-state index in [2.05, 4.69) is 14.5 Å². The molecule has 0 saturated heterocycles. The molecule has 80 valence electrons. The van der Waals surface area contributed by atoms with Gasteiger partial charge in [0, 0.05) is 13.5 Å². The van der Waals surface area contributed by atoms with Crippen molar-refractivity contribution in [3.63, 3.8) is 0 Å². The van der Waals surface area contributed by atoms with Gasteiger partial charge in [0.15, 0.2) is 11.6 Å². The van der Waals surface area contributed by atoms with Crippen molar-refractivity contribution in [2.45, 2.75) is 20.3 Å². The molecule has 0 saturated carbocycles. The number of nitrogens with two attached hydrogens (primary N) is 1. The van der Waals surface area contributed by atoms with Crippen LogP contribution in [0.25, 0.3) is 11.4 Å². The zero-order chi connectivity index (χ0) is 11.0. The van der Waals surface area contributed by atoms with Crippen LogP contribution in [0.5, 0.6) is 0 Å². The maximum atomic E-state index is 5.87. The number of nitrogen functional groups attached to an aromatic ring is 1. The van der Waals surface area contributed by atoms with Gasteiger partial charge < -0.3 is 5.73 Å². The first-order valence-corrected chi connectivity index (χ1v) is 5.52. The van der Waals surface area contributed by atoms with Gasteiger partial charge >= 0.3 is 0 Å². The summed E-state index contributed by atoms with van der Waals surface area (Å²) in [6, 6.07) is 0. The summed E-state index contributed by atoms with van der Waals surface area (Å²) in [4.78, 5) is 4.43.